The molecule has 1 heterocycles. The van der Waals surface area contributed by atoms with Gasteiger partial charge in [-0.3, -0.25) is 24.2 Å². The van der Waals surface area contributed by atoms with Crippen molar-refractivity contribution in [3.05, 3.63) is 36.0 Å². The predicted octanol–water partition coefficient (Wildman–Crippen LogP) is -2.12. The number of aliphatic carboxylic acids is 2. The molecule has 3 amide bonds. The van der Waals surface area contributed by atoms with E-state index >= 15 is 0 Å². The van der Waals surface area contributed by atoms with Gasteiger partial charge in [-0.1, -0.05) is 18.2 Å². The first-order valence-electron chi connectivity index (χ1n) is 13.2. The van der Waals surface area contributed by atoms with E-state index in [0.29, 0.717) is 5.56 Å². The number of hydrogen-bond donors (Lipinski definition) is 10. The van der Waals surface area contributed by atoms with E-state index in [1.807, 2.05) is 12.1 Å². The topological polar surface area (TPSA) is 288 Å². The average Bonchev–Trinajstić information content (AvgIpc) is 3.33. The lowest BCUT2D eigenvalue weighted by atomic mass is 10.0. The van der Waals surface area contributed by atoms with Crippen LogP contribution in [0, 0.1) is 0 Å². The Morgan fingerprint density at radius 2 is 1.62 bits per heavy atom. The molecule has 16 nitrogen and oxygen atoms in total. The molecule has 0 spiro atoms. The highest BCUT2D eigenvalue weighted by atomic mass is 16.4. The molecule has 2 rings (SSSR count). The van der Waals surface area contributed by atoms with Crippen molar-refractivity contribution in [2.24, 2.45) is 22.2 Å². The number of rotatable bonds is 17. The Hall–Kier alpha value is -4.70. The minimum Gasteiger partial charge on any atom is -0.481 e. The Balaban J connectivity index is 2.16. The second-order valence-electron chi connectivity index (χ2n) is 9.74. The lowest BCUT2D eigenvalue weighted by molar-refractivity contribution is -0.143. The molecule has 230 valence electrons. The number of aromatic amines is 1. The molecule has 16 heteroatoms. The van der Waals surface area contributed by atoms with Crippen LogP contribution in [-0.2, 0) is 30.4 Å². The van der Waals surface area contributed by atoms with Crippen molar-refractivity contribution in [2.45, 2.75) is 69.3 Å². The van der Waals surface area contributed by atoms with Gasteiger partial charge >= 0.3 is 11.9 Å². The lowest BCUT2D eigenvalue weighted by Crippen LogP contribution is -2.60. The average molecular weight is 591 g/mol. The van der Waals surface area contributed by atoms with Gasteiger partial charge in [-0.05, 0) is 37.8 Å². The van der Waals surface area contributed by atoms with Gasteiger partial charge in [0.05, 0.1) is 12.1 Å². The molecule has 42 heavy (non-hydrogen) atoms. The van der Waals surface area contributed by atoms with Crippen LogP contribution in [-0.4, -0.2) is 92.7 Å². The van der Waals surface area contributed by atoms with Gasteiger partial charge < -0.3 is 53.5 Å². The predicted molar refractivity (Wildman–Crippen MR) is 152 cm³/mol. The van der Waals surface area contributed by atoms with Gasteiger partial charge in [0.2, 0.25) is 17.7 Å². The summed E-state index contributed by atoms with van der Waals surface area (Å²) in [6.45, 7) is 1.34. The SMILES string of the molecule is CC(O)C(NC(=O)C(CCCN=C(N)N)NC(=O)C(N)CCC(=O)O)C(=O)NC(Cc1c[nH]c2ccccc12)C(=O)O. The summed E-state index contributed by atoms with van der Waals surface area (Å²) in [5, 5.41) is 36.8. The number of aromatic nitrogens is 1. The van der Waals surface area contributed by atoms with Crippen LogP contribution in [0.2, 0.25) is 0 Å². The normalized spacial score (nSPS) is 14.5. The standard InChI is InChI=1S/C26H38N8O8/c1-13(35)21(24(40)33-19(25(41)42)11-14-12-31-17-6-3-2-5-15(14)17)34-23(39)18(7-4-10-30-26(28)29)32-22(38)16(27)8-9-20(36)37/h2-3,5-6,12-13,16,18-19,21,31,35H,4,7-11,27H2,1H3,(H,32,38)(H,33,40)(H,34,39)(H,36,37)(H,41,42)(H4,28,29,30). The summed E-state index contributed by atoms with van der Waals surface area (Å²) < 4.78 is 0. The molecule has 5 atom stereocenters. The van der Waals surface area contributed by atoms with E-state index in [2.05, 4.69) is 25.9 Å². The van der Waals surface area contributed by atoms with Crippen LogP contribution in [0.15, 0.2) is 35.5 Å². The van der Waals surface area contributed by atoms with E-state index in [1.54, 1.807) is 18.3 Å². The molecule has 0 radical (unpaired) electrons. The number of carboxylic acids is 2. The van der Waals surface area contributed by atoms with E-state index < -0.39 is 59.9 Å². The van der Waals surface area contributed by atoms with E-state index in [0.717, 1.165) is 10.9 Å². The summed E-state index contributed by atoms with van der Waals surface area (Å²) in [7, 11) is 0. The van der Waals surface area contributed by atoms with Crippen molar-refractivity contribution in [3.63, 3.8) is 0 Å². The molecule has 0 aliphatic rings. The van der Waals surface area contributed by atoms with Crippen molar-refractivity contribution >= 4 is 46.5 Å². The molecule has 0 saturated carbocycles. The van der Waals surface area contributed by atoms with Gasteiger partial charge in [0, 0.05) is 36.5 Å². The fraction of sp³-hybridized carbons (Fsp3) is 0.462. The number of H-pyrrole nitrogens is 1. The van der Waals surface area contributed by atoms with Crippen LogP contribution in [0.5, 0.6) is 0 Å². The van der Waals surface area contributed by atoms with Crippen LogP contribution in [0.4, 0.5) is 0 Å². The third-order valence-corrected chi connectivity index (χ3v) is 6.36. The maximum Gasteiger partial charge on any atom is 0.326 e. The van der Waals surface area contributed by atoms with Crippen LogP contribution >= 0.6 is 0 Å². The molecule has 1 aromatic carbocycles. The molecule has 13 N–H and O–H groups in total. The first kappa shape index (κ1) is 33.5. The van der Waals surface area contributed by atoms with E-state index in [4.69, 9.17) is 22.3 Å². The zero-order valence-corrected chi connectivity index (χ0v) is 23.1. The fourth-order valence-electron chi connectivity index (χ4n) is 4.10. The summed E-state index contributed by atoms with van der Waals surface area (Å²) in [5.41, 5.74) is 17.8. The number of carbonyl (C=O) groups excluding carboxylic acids is 3. The van der Waals surface area contributed by atoms with Crippen molar-refractivity contribution in [2.75, 3.05) is 6.54 Å². The number of aliphatic hydroxyl groups excluding tert-OH is 1. The Morgan fingerprint density at radius 3 is 2.24 bits per heavy atom. The Morgan fingerprint density at radius 1 is 0.952 bits per heavy atom. The second kappa shape index (κ2) is 15.9. The zero-order chi connectivity index (χ0) is 31.4. The Bertz CT molecular complexity index is 1290. The highest BCUT2D eigenvalue weighted by Gasteiger charge is 2.33. The summed E-state index contributed by atoms with van der Waals surface area (Å²) in [6, 6.07) is 1.75. The number of aliphatic imine (C=N–C) groups is 1. The lowest BCUT2D eigenvalue weighted by Gasteiger charge is -2.26. The maximum absolute atomic E-state index is 13.2. The molecule has 0 fully saturated rings. The second-order valence-corrected chi connectivity index (χ2v) is 9.74. The van der Waals surface area contributed by atoms with Gasteiger partial charge in [0.1, 0.15) is 18.1 Å². The molecule has 2 aromatic rings. The number of aliphatic hydroxyl groups is 1. The fourth-order valence-corrected chi connectivity index (χ4v) is 4.10. The highest BCUT2D eigenvalue weighted by Crippen LogP contribution is 2.19. The molecule has 1 aromatic heterocycles. The largest absolute Gasteiger partial charge is 0.481 e. The Kier molecular flexibility index (Phi) is 12.7. The molecular weight excluding hydrogens is 552 g/mol. The van der Waals surface area contributed by atoms with E-state index in [1.165, 1.54) is 6.92 Å². The number of carbonyl (C=O) groups is 5. The number of benzene rings is 1. The number of nitrogens with one attached hydrogen (secondary N) is 4. The number of carboxylic acid groups (broad SMARTS) is 2. The van der Waals surface area contributed by atoms with Gasteiger partial charge in [0.25, 0.3) is 0 Å². The minimum atomic E-state index is -1.58. The van der Waals surface area contributed by atoms with Crippen molar-refractivity contribution in [3.8, 4) is 0 Å². The maximum atomic E-state index is 13.2. The van der Waals surface area contributed by atoms with Crippen LogP contribution in [0.1, 0.15) is 38.2 Å². The number of para-hydroxylation sites is 1. The van der Waals surface area contributed by atoms with Gasteiger partial charge in [0.15, 0.2) is 5.96 Å². The van der Waals surface area contributed by atoms with Crippen molar-refractivity contribution < 1.29 is 39.3 Å². The quantitative estimate of drug-likeness (QED) is 0.0539. The smallest absolute Gasteiger partial charge is 0.326 e. The molecular formula is C26H38N8O8. The van der Waals surface area contributed by atoms with Crippen molar-refractivity contribution in [1.82, 2.24) is 20.9 Å². The third kappa shape index (κ3) is 10.4. The number of nitrogens with two attached hydrogens (primary N) is 3. The summed E-state index contributed by atoms with van der Waals surface area (Å²) >= 11 is 0. The molecule has 0 saturated heterocycles. The number of nitrogens with zero attached hydrogens (tertiary/aromatic N) is 1. The van der Waals surface area contributed by atoms with Crippen molar-refractivity contribution in [1.29, 1.82) is 0 Å². The molecule has 5 unspecified atom stereocenters. The molecule has 0 aliphatic carbocycles. The summed E-state index contributed by atoms with van der Waals surface area (Å²) in [6.07, 6.45) is -0.239. The number of guanidine groups is 1. The Labute approximate surface area is 241 Å². The van der Waals surface area contributed by atoms with Gasteiger partial charge in [-0.25, -0.2) is 4.79 Å². The first-order valence-corrected chi connectivity index (χ1v) is 13.2. The van der Waals surface area contributed by atoms with Crippen LogP contribution < -0.4 is 33.2 Å². The zero-order valence-electron chi connectivity index (χ0n) is 23.1. The molecule has 0 bridgehead atoms. The van der Waals surface area contributed by atoms with Gasteiger partial charge in [-0.2, -0.15) is 0 Å². The molecule has 0 aliphatic heterocycles. The summed E-state index contributed by atoms with van der Waals surface area (Å²) in [5.74, 6) is -5.30. The van der Waals surface area contributed by atoms with Crippen LogP contribution in [0.25, 0.3) is 10.9 Å². The number of amides is 3. The van der Waals surface area contributed by atoms with Gasteiger partial charge in [-0.15, -0.1) is 0 Å². The summed E-state index contributed by atoms with van der Waals surface area (Å²) in [4.78, 5) is 68.5. The first-order chi connectivity index (χ1) is 19.8. The van der Waals surface area contributed by atoms with E-state index in [-0.39, 0.29) is 44.6 Å². The number of fused-ring (bicyclic) bond motifs is 1. The highest BCUT2D eigenvalue weighted by molar-refractivity contribution is 5.94. The van der Waals surface area contributed by atoms with E-state index in [9.17, 15) is 34.2 Å². The monoisotopic (exact) mass is 590 g/mol. The number of hydrogen-bond acceptors (Lipinski definition) is 8. The third-order valence-electron chi connectivity index (χ3n) is 6.36. The minimum absolute atomic E-state index is 0.00747. The van der Waals surface area contributed by atoms with Crippen LogP contribution in [0.3, 0.4) is 0 Å².